The summed E-state index contributed by atoms with van der Waals surface area (Å²) in [6.07, 6.45) is 0. The Balaban J connectivity index is 1.47. The first-order valence-corrected chi connectivity index (χ1v) is 8.97. The third kappa shape index (κ3) is 3.94. The topological polar surface area (TPSA) is 60.2 Å². The fourth-order valence-electron chi connectivity index (χ4n) is 2.07. The number of thioether (sulfide) groups is 1. The van der Waals surface area contributed by atoms with Crippen LogP contribution in [0.25, 0.3) is 5.69 Å². The molecule has 5 nitrogen and oxygen atoms in total. The first-order chi connectivity index (χ1) is 10.8. The number of tetrazole rings is 1. The van der Waals surface area contributed by atoms with Gasteiger partial charge in [0.2, 0.25) is 5.16 Å². The van der Waals surface area contributed by atoms with Gasteiger partial charge >= 0.3 is 0 Å². The van der Waals surface area contributed by atoms with E-state index in [4.69, 9.17) is 0 Å². The van der Waals surface area contributed by atoms with Gasteiger partial charge < -0.3 is 5.32 Å². The van der Waals surface area contributed by atoms with Crippen LogP contribution < -0.4 is 5.32 Å². The second-order valence-electron chi connectivity index (χ2n) is 4.85. The molecule has 2 aromatic heterocycles. The van der Waals surface area contributed by atoms with Gasteiger partial charge in [0.15, 0.2) is 0 Å². The predicted molar refractivity (Wildman–Crippen MR) is 89.4 cm³/mol. The minimum absolute atomic E-state index is 0.839. The van der Waals surface area contributed by atoms with E-state index in [0.29, 0.717) is 0 Å². The summed E-state index contributed by atoms with van der Waals surface area (Å²) in [6.45, 7) is 4.24. The van der Waals surface area contributed by atoms with Crippen molar-refractivity contribution in [1.29, 1.82) is 0 Å². The maximum atomic E-state index is 4.10. The van der Waals surface area contributed by atoms with Gasteiger partial charge in [0.05, 0.1) is 22.9 Å². The number of quaternary nitrogens is 1. The minimum Gasteiger partial charge on any atom is -0.341 e. The molecule has 0 aliphatic rings. The van der Waals surface area contributed by atoms with Gasteiger partial charge in [0.1, 0.15) is 6.54 Å². The number of benzene rings is 1. The quantitative estimate of drug-likeness (QED) is 0.530. The first-order valence-electron chi connectivity index (χ1n) is 7.16. The van der Waals surface area contributed by atoms with E-state index in [1.807, 2.05) is 41.7 Å². The maximum absolute atomic E-state index is 4.10. The molecule has 0 bridgehead atoms. The van der Waals surface area contributed by atoms with Gasteiger partial charge in [-0.15, -0.1) is 16.4 Å². The summed E-state index contributed by atoms with van der Waals surface area (Å²) in [6, 6.07) is 14.4. The van der Waals surface area contributed by atoms with Gasteiger partial charge in [0, 0.05) is 4.88 Å². The molecule has 0 fully saturated rings. The summed E-state index contributed by atoms with van der Waals surface area (Å²) in [5, 5.41) is 15.1. The van der Waals surface area contributed by atoms with Gasteiger partial charge in [-0.2, -0.15) is 4.68 Å². The van der Waals surface area contributed by atoms with Crippen LogP contribution in [-0.2, 0) is 6.54 Å². The zero-order valence-electron chi connectivity index (χ0n) is 12.3. The molecule has 2 N–H and O–H groups in total. The molecule has 0 radical (unpaired) electrons. The molecule has 0 saturated heterocycles. The van der Waals surface area contributed by atoms with Crippen molar-refractivity contribution in [1.82, 2.24) is 20.2 Å². The second-order valence-corrected chi connectivity index (χ2v) is 7.29. The molecule has 1 aromatic carbocycles. The van der Waals surface area contributed by atoms with Gasteiger partial charge in [-0.25, -0.2) is 0 Å². The summed E-state index contributed by atoms with van der Waals surface area (Å²) in [5.74, 6) is 0.984. The molecule has 0 aliphatic heterocycles. The number of rotatable bonds is 7. The predicted octanol–water partition coefficient (Wildman–Crippen LogP) is 1.89. The maximum Gasteiger partial charge on any atom is 0.214 e. The summed E-state index contributed by atoms with van der Waals surface area (Å²) >= 11 is 3.56. The first kappa shape index (κ1) is 15.2. The monoisotopic (exact) mass is 332 g/mol. The number of nitrogens with two attached hydrogens (primary N) is 1. The van der Waals surface area contributed by atoms with E-state index in [-0.39, 0.29) is 0 Å². The summed E-state index contributed by atoms with van der Waals surface area (Å²) in [4.78, 5) is 2.80. The molecule has 0 spiro atoms. The van der Waals surface area contributed by atoms with Crippen LogP contribution >= 0.6 is 23.1 Å². The van der Waals surface area contributed by atoms with Gasteiger partial charge in [0.25, 0.3) is 0 Å². The van der Waals surface area contributed by atoms with E-state index in [0.717, 1.165) is 29.7 Å². The third-order valence-corrected chi connectivity index (χ3v) is 5.11. The SMILES string of the molecule is Cc1ccc(C[NH2+]CCSc2nnnn2-c2ccccc2)s1. The van der Waals surface area contributed by atoms with Crippen molar-refractivity contribution in [2.24, 2.45) is 0 Å². The van der Waals surface area contributed by atoms with Crippen molar-refractivity contribution < 1.29 is 5.32 Å². The van der Waals surface area contributed by atoms with Crippen LogP contribution in [0.5, 0.6) is 0 Å². The van der Waals surface area contributed by atoms with Crippen molar-refractivity contribution in [2.45, 2.75) is 18.6 Å². The summed E-state index contributed by atoms with van der Waals surface area (Å²) in [5.41, 5.74) is 0.994. The summed E-state index contributed by atoms with van der Waals surface area (Å²) < 4.78 is 1.79. The average Bonchev–Trinajstić information content (AvgIpc) is 3.17. The number of hydrogen-bond acceptors (Lipinski definition) is 5. The van der Waals surface area contributed by atoms with E-state index in [2.05, 4.69) is 39.9 Å². The molecule has 0 aliphatic carbocycles. The van der Waals surface area contributed by atoms with E-state index < -0.39 is 0 Å². The molecule has 22 heavy (non-hydrogen) atoms. The molecule has 3 aromatic rings. The zero-order chi connectivity index (χ0) is 15.2. The number of para-hydroxylation sites is 1. The fourth-order valence-corrected chi connectivity index (χ4v) is 3.79. The number of nitrogens with zero attached hydrogens (tertiary/aromatic N) is 4. The molecule has 0 atom stereocenters. The van der Waals surface area contributed by atoms with Crippen LogP contribution in [0.1, 0.15) is 9.75 Å². The Kier molecular flexibility index (Phi) is 5.20. The smallest absolute Gasteiger partial charge is 0.214 e. The highest BCUT2D eigenvalue weighted by Crippen LogP contribution is 2.17. The average molecular weight is 332 g/mol. The number of aromatic nitrogens is 4. The molecule has 7 heteroatoms. The number of hydrogen-bond donors (Lipinski definition) is 1. The van der Waals surface area contributed by atoms with Gasteiger partial charge in [-0.3, -0.25) is 0 Å². The normalized spacial score (nSPS) is 11.0. The third-order valence-electron chi connectivity index (χ3n) is 3.14. The fraction of sp³-hybridized carbons (Fsp3) is 0.267. The lowest BCUT2D eigenvalue weighted by atomic mass is 10.3. The molecular formula is C15H18N5S2+. The van der Waals surface area contributed by atoms with Crippen LogP contribution in [0, 0.1) is 6.92 Å². The molecular weight excluding hydrogens is 314 g/mol. The molecule has 2 heterocycles. The Morgan fingerprint density at radius 3 is 2.82 bits per heavy atom. The number of thiophene rings is 1. The lowest BCUT2D eigenvalue weighted by Gasteiger charge is -2.03. The highest BCUT2D eigenvalue weighted by molar-refractivity contribution is 7.99. The standard InChI is InChI=1S/C15H17N5S2/c1-12-7-8-14(22-12)11-16-9-10-21-15-17-18-19-20(15)13-5-3-2-4-6-13/h2-8,16H,9-11H2,1H3/p+1. The van der Waals surface area contributed by atoms with Crippen molar-refractivity contribution in [3.8, 4) is 5.69 Å². The largest absolute Gasteiger partial charge is 0.341 e. The van der Waals surface area contributed by atoms with Crippen LogP contribution in [0.2, 0.25) is 0 Å². The molecule has 3 rings (SSSR count). The van der Waals surface area contributed by atoms with Crippen molar-refractivity contribution in [3.05, 3.63) is 52.2 Å². The van der Waals surface area contributed by atoms with Gasteiger partial charge in [-0.05, 0) is 41.6 Å². The zero-order valence-corrected chi connectivity index (χ0v) is 14.0. The van der Waals surface area contributed by atoms with Crippen LogP contribution in [0.15, 0.2) is 47.6 Å². The molecule has 0 amide bonds. The Bertz CT molecular complexity index is 708. The molecule has 114 valence electrons. The molecule has 0 unspecified atom stereocenters. The van der Waals surface area contributed by atoms with Crippen molar-refractivity contribution in [2.75, 3.05) is 12.3 Å². The highest BCUT2D eigenvalue weighted by atomic mass is 32.2. The van der Waals surface area contributed by atoms with E-state index in [1.54, 1.807) is 16.4 Å². The van der Waals surface area contributed by atoms with Crippen molar-refractivity contribution >= 4 is 23.1 Å². The van der Waals surface area contributed by atoms with Crippen LogP contribution in [0.4, 0.5) is 0 Å². The molecule has 0 saturated carbocycles. The van der Waals surface area contributed by atoms with Crippen molar-refractivity contribution in [3.63, 3.8) is 0 Å². The number of aryl methyl sites for hydroxylation is 1. The Labute approximate surface area is 137 Å². The van der Waals surface area contributed by atoms with E-state index in [1.165, 1.54) is 9.75 Å². The van der Waals surface area contributed by atoms with Crippen LogP contribution in [0.3, 0.4) is 0 Å². The Hall–Kier alpha value is -1.70. The summed E-state index contributed by atoms with van der Waals surface area (Å²) in [7, 11) is 0. The highest BCUT2D eigenvalue weighted by Gasteiger charge is 2.08. The minimum atomic E-state index is 0.839. The lowest BCUT2D eigenvalue weighted by molar-refractivity contribution is -0.666. The van der Waals surface area contributed by atoms with E-state index >= 15 is 0 Å². The Morgan fingerprint density at radius 2 is 2.05 bits per heavy atom. The van der Waals surface area contributed by atoms with Crippen LogP contribution in [-0.4, -0.2) is 32.5 Å². The lowest BCUT2D eigenvalue weighted by Crippen LogP contribution is -2.83. The van der Waals surface area contributed by atoms with Gasteiger partial charge in [-0.1, -0.05) is 30.0 Å². The Morgan fingerprint density at radius 1 is 1.18 bits per heavy atom. The van der Waals surface area contributed by atoms with E-state index in [9.17, 15) is 0 Å². The second kappa shape index (κ2) is 7.53.